The molecule has 0 aromatic carbocycles. The molecule has 2 N–H and O–H groups in total. The van der Waals surface area contributed by atoms with Crippen LogP contribution in [0.4, 0.5) is 4.79 Å². The Balaban J connectivity index is 2.54. The van der Waals surface area contributed by atoms with Crippen LogP contribution in [0.15, 0.2) is 0 Å². The standard InChI is InChI=1S/C13H20N2O3/c1-4-6-10(5-2)14-13(18)15-7-9(3)11(8-15)12(16)17/h2,9-11H,4,6-8H2,1,3H3,(H,14,18)(H,16,17)/t9-,10?,11-/m1/s1. The molecule has 0 aliphatic carbocycles. The number of urea groups is 1. The number of rotatable bonds is 4. The van der Waals surface area contributed by atoms with Crippen LogP contribution >= 0.6 is 0 Å². The van der Waals surface area contributed by atoms with Gasteiger partial charge in [-0.2, -0.15) is 0 Å². The lowest BCUT2D eigenvalue weighted by molar-refractivity contribution is -0.142. The zero-order chi connectivity index (χ0) is 13.7. The van der Waals surface area contributed by atoms with Crippen molar-refractivity contribution in [3.05, 3.63) is 0 Å². The Kier molecular flexibility index (Phi) is 5.02. The maximum atomic E-state index is 11.9. The second kappa shape index (κ2) is 6.29. The highest BCUT2D eigenvalue weighted by atomic mass is 16.4. The van der Waals surface area contributed by atoms with Gasteiger partial charge in [-0.05, 0) is 12.3 Å². The average molecular weight is 252 g/mol. The largest absolute Gasteiger partial charge is 0.481 e. The second-order valence-corrected chi connectivity index (χ2v) is 4.78. The van der Waals surface area contributed by atoms with Gasteiger partial charge in [-0.1, -0.05) is 26.2 Å². The third kappa shape index (κ3) is 3.39. The van der Waals surface area contributed by atoms with Crippen molar-refractivity contribution in [2.24, 2.45) is 11.8 Å². The predicted octanol–water partition coefficient (Wildman–Crippen LogP) is 1.15. The van der Waals surface area contributed by atoms with E-state index >= 15 is 0 Å². The first kappa shape index (κ1) is 14.4. The molecule has 0 bridgehead atoms. The predicted molar refractivity (Wildman–Crippen MR) is 67.9 cm³/mol. The first-order chi connectivity index (χ1) is 8.49. The van der Waals surface area contributed by atoms with E-state index in [1.807, 2.05) is 13.8 Å². The molecule has 5 heteroatoms. The Bertz CT molecular complexity index is 362. The molecule has 0 aromatic rings. The van der Waals surface area contributed by atoms with Crippen molar-refractivity contribution >= 4 is 12.0 Å². The molecule has 1 rings (SSSR count). The maximum absolute atomic E-state index is 11.9. The lowest BCUT2D eigenvalue weighted by Crippen LogP contribution is -2.43. The fraction of sp³-hybridized carbons (Fsp3) is 0.692. The van der Waals surface area contributed by atoms with E-state index in [0.29, 0.717) is 6.54 Å². The molecule has 100 valence electrons. The number of hydrogen-bond donors (Lipinski definition) is 2. The number of carboxylic acid groups (broad SMARTS) is 1. The van der Waals surface area contributed by atoms with E-state index in [0.717, 1.165) is 12.8 Å². The van der Waals surface area contributed by atoms with Crippen molar-refractivity contribution < 1.29 is 14.7 Å². The Morgan fingerprint density at radius 2 is 2.22 bits per heavy atom. The van der Waals surface area contributed by atoms with E-state index in [1.54, 1.807) is 0 Å². The van der Waals surface area contributed by atoms with E-state index in [-0.39, 0.29) is 24.5 Å². The molecule has 1 aliphatic rings. The number of hydrogen-bond acceptors (Lipinski definition) is 2. The highest BCUT2D eigenvalue weighted by Crippen LogP contribution is 2.23. The smallest absolute Gasteiger partial charge is 0.318 e. The van der Waals surface area contributed by atoms with E-state index in [1.165, 1.54) is 4.90 Å². The van der Waals surface area contributed by atoms with Crippen molar-refractivity contribution in [2.45, 2.75) is 32.7 Å². The third-order valence-electron chi connectivity index (χ3n) is 3.29. The number of carboxylic acids is 1. The van der Waals surface area contributed by atoms with Crippen LogP contribution in [-0.2, 0) is 4.79 Å². The number of carbonyl (C=O) groups excluding carboxylic acids is 1. The molecule has 0 spiro atoms. The van der Waals surface area contributed by atoms with Gasteiger partial charge in [0.25, 0.3) is 0 Å². The molecule has 1 saturated heterocycles. The third-order valence-corrected chi connectivity index (χ3v) is 3.29. The van der Waals surface area contributed by atoms with Crippen LogP contribution in [0.25, 0.3) is 0 Å². The number of nitrogens with one attached hydrogen (secondary N) is 1. The lowest BCUT2D eigenvalue weighted by Gasteiger charge is -2.20. The van der Waals surface area contributed by atoms with Crippen LogP contribution in [0.1, 0.15) is 26.7 Å². The Labute approximate surface area is 108 Å². The monoisotopic (exact) mass is 252 g/mol. The molecule has 1 aliphatic heterocycles. The van der Waals surface area contributed by atoms with Gasteiger partial charge in [0.1, 0.15) is 0 Å². The zero-order valence-electron chi connectivity index (χ0n) is 10.8. The van der Waals surface area contributed by atoms with Crippen molar-refractivity contribution in [1.82, 2.24) is 10.2 Å². The quantitative estimate of drug-likeness (QED) is 0.737. The SMILES string of the molecule is C#CC(CCC)NC(=O)N1C[C@@H](C)[C@H](C(=O)O)C1. The highest BCUT2D eigenvalue weighted by Gasteiger charge is 2.37. The van der Waals surface area contributed by atoms with Gasteiger partial charge in [-0.25, -0.2) is 4.79 Å². The molecule has 0 radical (unpaired) electrons. The average Bonchev–Trinajstić information content (AvgIpc) is 2.70. The number of nitrogens with zero attached hydrogens (tertiary/aromatic N) is 1. The molecule has 3 atom stereocenters. The van der Waals surface area contributed by atoms with Gasteiger partial charge >= 0.3 is 12.0 Å². The van der Waals surface area contributed by atoms with Gasteiger partial charge in [0, 0.05) is 13.1 Å². The van der Waals surface area contributed by atoms with E-state index < -0.39 is 11.9 Å². The van der Waals surface area contributed by atoms with Gasteiger partial charge < -0.3 is 15.3 Å². The fourth-order valence-corrected chi connectivity index (χ4v) is 2.18. The molecule has 1 unspecified atom stereocenters. The molecule has 1 heterocycles. The number of aliphatic carboxylic acids is 1. The highest BCUT2D eigenvalue weighted by molar-refractivity contribution is 5.78. The minimum atomic E-state index is -0.847. The fourth-order valence-electron chi connectivity index (χ4n) is 2.18. The van der Waals surface area contributed by atoms with E-state index in [9.17, 15) is 9.59 Å². The minimum absolute atomic E-state index is 0.0243. The first-order valence-electron chi connectivity index (χ1n) is 6.24. The molecule has 0 aromatic heterocycles. The van der Waals surface area contributed by atoms with Gasteiger partial charge in [0.2, 0.25) is 0 Å². The Morgan fingerprint density at radius 3 is 2.67 bits per heavy atom. The normalized spacial score (nSPS) is 24.4. The summed E-state index contributed by atoms with van der Waals surface area (Å²) in [6.07, 6.45) is 6.95. The van der Waals surface area contributed by atoms with Crippen LogP contribution in [0, 0.1) is 24.2 Å². The molecular weight excluding hydrogens is 232 g/mol. The number of terminal acetylenes is 1. The molecule has 18 heavy (non-hydrogen) atoms. The van der Waals surface area contributed by atoms with Crippen LogP contribution < -0.4 is 5.32 Å². The van der Waals surface area contributed by atoms with E-state index in [4.69, 9.17) is 11.5 Å². The van der Waals surface area contributed by atoms with Crippen LogP contribution in [-0.4, -0.2) is 41.1 Å². The summed E-state index contributed by atoms with van der Waals surface area (Å²) in [6, 6.07) is -0.538. The summed E-state index contributed by atoms with van der Waals surface area (Å²) >= 11 is 0. The maximum Gasteiger partial charge on any atom is 0.318 e. The minimum Gasteiger partial charge on any atom is -0.481 e. The summed E-state index contributed by atoms with van der Waals surface area (Å²) in [7, 11) is 0. The van der Waals surface area contributed by atoms with Crippen LogP contribution in [0.2, 0.25) is 0 Å². The van der Waals surface area contributed by atoms with Gasteiger partial charge in [-0.3, -0.25) is 4.79 Å². The van der Waals surface area contributed by atoms with Gasteiger partial charge in [-0.15, -0.1) is 6.42 Å². The first-order valence-corrected chi connectivity index (χ1v) is 6.24. The summed E-state index contributed by atoms with van der Waals surface area (Å²) in [5.41, 5.74) is 0. The van der Waals surface area contributed by atoms with Crippen molar-refractivity contribution in [1.29, 1.82) is 0 Å². The summed E-state index contributed by atoms with van der Waals surface area (Å²) in [4.78, 5) is 24.4. The van der Waals surface area contributed by atoms with Crippen molar-refractivity contribution in [3.8, 4) is 12.3 Å². The summed E-state index contributed by atoms with van der Waals surface area (Å²) < 4.78 is 0. The van der Waals surface area contributed by atoms with Crippen LogP contribution in [0.5, 0.6) is 0 Å². The van der Waals surface area contributed by atoms with Gasteiger partial charge in [0.15, 0.2) is 0 Å². The summed E-state index contributed by atoms with van der Waals surface area (Å²) in [6.45, 7) is 4.56. The Morgan fingerprint density at radius 1 is 1.56 bits per heavy atom. The van der Waals surface area contributed by atoms with Crippen molar-refractivity contribution in [2.75, 3.05) is 13.1 Å². The van der Waals surface area contributed by atoms with Crippen LogP contribution in [0.3, 0.4) is 0 Å². The van der Waals surface area contributed by atoms with E-state index in [2.05, 4.69) is 11.2 Å². The molecular formula is C13H20N2O3. The summed E-state index contributed by atoms with van der Waals surface area (Å²) in [5.74, 6) is 1.18. The second-order valence-electron chi connectivity index (χ2n) is 4.78. The molecule has 5 nitrogen and oxygen atoms in total. The Hall–Kier alpha value is -1.70. The molecule has 2 amide bonds. The van der Waals surface area contributed by atoms with Gasteiger partial charge in [0.05, 0.1) is 12.0 Å². The number of carbonyl (C=O) groups is 2. The topological polar surface area (TPSA) is 69.6 Å². The molecule has 1 fully saturated rings. The van der Waals surface area contributed by atoms with Crippen molar-refractivity contribution in [3.63, 3.8) is 0 Å². The zero-order valence-corrected chi connectivity index (χ0v) is 10.8. The lowest BCUT2D eigenvalue weighted by atomic mass is 9.99. The number of amides is 2. The number of likely N-dealkylation sites (tertiary alicyclic amines) is 1. The molecule has 0 saturated carbocycles. The summed E-state index contributed by atoms with van der Waals surface area (Å²) in [5, 5.41) is 11.8.